The first kappa shape index (κ1) is 34.5. The van der Waals surface area contributed by atoms with Crippen LogP contribution in [-0.2, 0) is 20.7 Å². The zero-order valence-corrected chi connectivity index (χ0v) is 26.9. The summed E-state index contributed by atoms with van der Waals surface area (Å²) in [5.41, 5.74) is -0.437. The van der Waals surface area contributed by atoms with Gasteiger partial charge in [-0.15, -0.1) is 0 Å². The topological polar surface area (TPSA) is 134 Å². The van der Waals surface area contributed by atoms with E-state index in [0.29, 0.717) is 49.7 Å². The third-order valence-corrected chi connectivity index (χ3v) is 10.7. The van der Waals surface area contributed by atoms with Crippen molar-refractivity contribution in [3.8, 4) is 5.75 Å². The van der Waals surface area contributed by atoms with Crippen LogP contribution in [0.3, 0.4) is 0 Å². The molecule has 0 amide bonds. The van der Waals surface area contributed by atoms with Gasteiger partial charge in [-0.1, -0.05) is 53.7 Å². The minimum Gasteiger partial charge on any atom is -0.507 e. The largest absolute Gasteiger partial charge is 0.507 e. The Hall–Kier alpha value is -2.00. The summed E-state index contributed by atoms with van der Waals surface area (Å²) in [6.07, 6.45) is 3.34. The van der Waals surface area contributed by atoms with Crippen molar-refractivity contribution in [2.24, 2.45) is 23.7 Å². The summed E-state index contributed by atoms with van der Waals surface area (Å²) < 4.78 is 13.2. The van der Waals surface area contributed by atoms with E-state index in [2.05, 4.69) is 13.8 Å². The van der Waals surface area contributed by atoms with Gasteiger partial charge in [-0.25, -0.2) is 4.79 Å². The van der Waals surface area contributed by atoms with Gasteiger partial charge < -0.3 is 29.9 Å². The molecule has 1 aromatic carbocycles. The molecule has 42 heavy (non-hydrogen) atoms. The van der Waals surface area contributed by atoms with Crippen molar-refractivity contribution < 1.29 is 39.5 Å². The molecule has 0 aliphatic carbocycles. The number of Topliss-reactive ketones (excluding diaryl/α,β-unsaturated/α-hetero) is 1. The first-order valence-electron chi connectivity index (χ1n) is 16.0. The predicted molar refractivity (Wildman–Crippen MR) is 162 cm³/mol. The summed E-state index contributed by atoms with van der Waals surface area (Å²) >= 11 is 0. The Bertz CT molecular complexity index is 1100. The van der Waals surface area contributed by atoms with Crippen LogP contribution in [0.1, 0.15) is 115 Å². The molecule has 0 spiro atoms. The molecule has 0 bridgehead atoms. The molecule has 8 heteroatoms. The Kier molecular flexibility index (Phi) is 11.3. The molecule has 0 aromatic heterocycles. The Morgan fingerprint density at radius 1 is 1.12 bits per heavy atom. The summed E-state index contributed by atoms with van der Waals surface area (Å²) in [5.74, 6) is -2.55. The number of hydrogen-bond donors (Lipinski definition) is 4. The molecule has 8 nitrogen and oxygen atoms in total. The molecule has 10 atom stereocenters. The summed E-state index contributed by atoms with van der Waals surface area (Å²) in [5, 5.41) is 42.1. The van der Waals surface area contributed by atoms with Crippen LogP contribution in [0.25, 0.3) is 0 Å². The van der Waals surface area contributed by atoms with Crippen LogP contribution >= 0.6 is 0 Å². The molecule has 3 rings (SSSR count). The predicted octanol–water partition coefficient (Wildman–Crippen LogP) is 5.84. The monoisotopic (exact) mass is 590 g/mol. The number of benzene rings is 1. The molecule has 2 aliphatic heterocycles. The second-order valence-electron chi connectivity index (χ2n) is 13.2. The number of carboxylic acids is 1. The van der Waals surface area contributed by atoms with E-state index in [-0.39, 0.29) is 53.2 Å². The molecule has 4 N–H and O–H groups in total. The molecule has 1 aromatic rings. The number of hydrogen-bond acceptors (Lipinski definition) is 7. The Morgan fingerprint density at radius 2 is 1.79 bits per heavy atom. The highest BCUT2D eigenvalue weighted by Crippen LogP contribution is 2.48. The van der Waals surface area contributed by atoms with Gasteiger partial charge in [0.2, 0.25) is 0 Å². The number of carbonyl (C=O) groups is 2. The van der Waals surface area contributed by atoms with Crippen molar-refractivity contribution >= 4 is 11.8 Å². The Morgan fingerprint density at radius 3 is 2.33 bits per heavy atom. The minimum absolute atomic E-state index is 0.0157. The van der Waals surface area contributed by atoms with E-state index in [9.17, 15) is 30.0 Å². The number of aryl methyl sites for hydroxylation is 2. The van der Waals surface area contributed by atoms with Gasteiger partial charge in [0, 0.05) is 11.8 Å². The van der Waals surface area contributed by atoms with Gasteiger partial charge in [0.25, 0.3) is 0 Å². The third kappa shape index (κ3) is 6.72. The summed E-state index contributed by atoms with van der Waals surface area (Å²) in [7, 11) is 0. The van der Waals surface area contributed by atoms with Crippen LogP contribution in [0.4, 0.5) is 0 Å². The standard InChI is InChI=1S/C34H54O8/c1-9-25(31-21(6)18-34(11-3,42-31)26-16-17-33(40,10-2)23(8)41-26)30(37)22(7)28(35)19(4)12-14-24-15-13-20(5)29(36)27(24)32(38)39/h13,15,19,21-23,25-26,28,31,35-36,40H,9-12,14,16-18H2,1-8H3,(H,38,39)/t19-,21+,22+,23+,25+,26-,28?,31+,33-,34+/m1/s1. The number of aliphatic hydroxyl groups excluding tert-OH is 1. The van der Waals surface area contributed by atoms with E-state index >= 15 is 0 Å². The molecular formula is C34H54O8. The summed E-state index contributed by atoms with van der Waals surface area (Å²) in [6, 6.07) is 3.40. The number of ether oxygens (including phenoxy) is 2. The van der Waals surface area contributed by atoms with E-state index in [4.69, 9.17) is 9.47 Å². The van der Waals surface area contributed by atoms with Crippen molar-refractivity contribution in [3.05, 3.63) is 28.8 Å². The van der Waals surface area contributed by atoms with E-state index in [1.165, 1.54) is 0 Å². The SMILES string of the molecule is CC[C@@H](C(=O)[C@@H](C)C(O)[C@H](C)CCc1ccc(C)c(O)c1C(=O)O)[C@H]1O[C@](CC)([C@H]2CC[C@](O)(CC)[C@H](C)O2)C[C@@H]1C. The maximum atomic E-state index is 13.9. The molecule has 0 radical (unpaired) electrons. The highest BCUT2D eigenvalue weighted by molar-refractivity contribution is 5.93. The number of aromatic carboxylic acids is 1. The van der Waals surface area contributed by atoms with Gasteiger partial charge in [0.05, 0.1) is 35.6 Å². The van der Waals surface area contributed by atoms with E-state index in [0.717, 1.165) is 12.8 Å². The van der Waals surface area contributed by atoms with Gasteiger partial charge >= 0.3 is 5.97 Å². The van der Waals surface area contributed by atoms with Gasteiger partial charge in [-0.2, -0.15) is 0 Å². The fourth-order valence-electron chi connectivity index (χ4n) is 7.45. The number of aromatic hydroxyl groups is 1. The molecule has 2 aliphatic rings. The highest BCUT2D eigenvalue weighted by Gasteiger charge is 2.55. The van der Waals surface area contributed by atoms with Crippen LogP contribution in [0.15, 0.2) is 12.1 Å². The molecule has 2 heterocycles. The molecule has 0 saturated carbocycles. The first-order chi connectivity index (χ1) is 19.7. The maximum Gasteiger partial charge on any atom is 0.339 e. The average Bonchev–Trinajstić information content (AvgIpc) is 3.31. The molecule has 2 fully saturated rings. The number of rotatable bonds is 13. The van der Waals surface area contributed by atoms with E-state index in [1.807, 2.05) is 27.7 Å². The van der Waals surface area contributed by atoms with Gasteiger partial charge in [0.15, 0.2) is 0 Å². The zero-order valence-electron chi connectivity index (χ0n) is 26.9. The minimum atomic E-state index is -1.18. The lowest BCUT2D eigenvalue weighted by Crippen LogP contribution is -2.55. The van der Waals surface area contributed by atoms with Crippen LogP contribution in [0.2, 0.25) is 0 Å². The number of aliphatic hydroxyl groups is 2. The fourth-order valence-corrected chi connectivity index (χ4v) is 7.45. The summed E-state index contributed by atoms with van der Waals surface area (Å²) in [6.45, 7) is 15.4. The third-order valence-electron chi connectivity index (χ3n) is 10.7. The average molecular weight is 591 g/mol. The number of phenols is 1. The number of carboxylic acid groups (broad SMARTS) is 1. The molecular weight excluding hydrogens is 536 g/mol. The van der Waals surface area contributed by atoms with Crippen molar-refractivity contribution in [1.82, 2.24) is 0 Å². The summed E-state index contributed by atoms with van der Waals surface area (Å²) in [4.78, 5) is 25.7. The van der Waals surface area contributed by atoms with Crippen molar-refractivity contribution in [2.45, 2.75) is 142 Å². The zero-order chi connectivity index (χ0) is 31.6. The number of carbonyl (C=O) groups excluding carboxylic acids is 1. The Balaban J connectivity index is 1.69. The van der Waals surface area contributed by atoms with Crippen molar-refractivity contribution in [1.29, 1.82) is 0 Å². The number of ketones is 1. The van der Waals surface area contributed by atoms with Gasteiger partial charge in [-0.05, 0) is 88.2 Å². The fraction of sp³-hybridized carbons (Fsp3) is 0.765. The maximum absolute atomic E-state index is 13.9. The highest BCUT2D eigenvalue weighted by atomic mass is 16.6. The lowest BCUT2D eigenvalue weighted by atomic mass is 9.76. The van der Waals surface area contributed by atoms with Crippen LogP contribution in [0, 0.1) is 30.6 Å². The molecule has 238 valence electrons. The first-order valence-corrected chi connectivity index (χ1v) is 16.0. The lowest BCUT2D eigenvalue weighted by molar-refractivity contribution is -0.229. The van der Waals surface area contributed by atoms with Gasteiger partial charge in [-0.3, -0.25) is 4.79 Å². The second-order valence-corrected chi connectivity index (χ2v) is 13.2. The Labute approximate surface area is 251 Å². The van der Waals surface area contributed by atoms with Gasteiger partial charge in [0.1, 0.15) is 17.1 Å². The van der Waals surface area contributed by atoms with Crippen molar-refractivity contribution in [3.63, 3.8) is 0 Å². The lowest BCUT2D eigenvalue weighted by Gasteiger charge is -2.47. The van der Waals surface area contributed by atoms with Crippen LogP contribution < -0.4 is 0 Å². The van der Waals surface area contributed by atoms with Crippen LogP contribution in [0.5, 0.6) is 5.75 Å². The quantitative estimate of drug-likeness (QED) is 0.225. The molecule has 1 unspecified atom stereocenters. The van der Waals surface area contributed by atoms with Crippen LogP contribution in [-0.4, -0.2) is 67.8 Å². The van der Waals surface area contributed by atoms with Crippen molar-refractivity contribution in [2.75, 3.05) is 0 Å². The second kappa shape index (κ2) is 13.7. The smallest absolute Gasteiger partial charge is 0.339 e. The molecule has 2 saturated heterocycles. The van der Waals surface area contributed by atoms with E-state index < -0.39 is 29.2 Å². The van der Waals surface area contributed by atoms with E-state index in [1.54, 1.807) is 26.0 Å². The normalized spacial score (nSPS) is 32.7.